The first kappa shape index (κ1) is 19.5. The Kier molecular flexibility index (Phi) is 4.22. The zero-order valence-corrected chi connectivity index (χ0v) is 17.8. The van der Waals surface area contributed by atoms with Gasteiger partial charge in [0.25, 0.3) is 10.1 Å². The summed E-state index contributed by atoms with van der Waals surface area (Å²) in [6.07, 6.45) is 6.98. The summed E-state index contributed by atoms with van der Waals surface area (Å²) in [5, 5.41) is 0. The molecule has 0 spiro atoms. The largest absolute Gasteiger partial charge is 0.464 e. The van der Waals surface area contributed by atoms with Crippen LogP contribution in [0.15, 0.2) is 70.2 Å². The molecule has 0 saturated heterocycles. The number of nitrogens with one attached hydrogen (secondary N) is 2. The molecule has 162 valence electrons. The Morgan fingerprint density at radius 3 is 2.15 bits per heavy atom. The number of rotatable bonds is 2. The van der Waals surface area contributed by atoms with Gasteiger partial charge in [-0.15, -0.1) is 0 Å². The van der Waals surface area contributed by atoms with E-state index in [1.165, 1.54) is 6.26 Å². The fraction of sp³-hybridized carbons (Fsp3) is 0. The molecule has 0 radical (unpaired) electrons. The van der Waals surface area contributed by atoms with Gasteiger partial charge < -0.3 is 14.4 Å². The Bertz CT molecular complexity index is 1740. The molecule has 0 atom stereocenters. The summed E-state index contributed by atoms with van der Waals surface area (Å²) in [6, 6.07) is 16.0. The van der Waals surface area contributed by atoms with Gasteiger partial charge in [0.05, 0.1) is 34.6 Å². The first-order valence-corrected chi connectivity index (χ1v) is 11.5. The Hall–Kier alpha value is -4.21. The maximum Gasteiger partial charge on any atom is 0.298 e. The quantitative estimate of drug-likeness (QED) is 0.318. The van der Waals surface area contributed by atoms with Crippen molar-refractivity contribution in [2.24, 2.45) is 0 Å². The third-order valence-corrected chi connectivity index (χ3v) is 6.25. The highest BCUT2D eigenvalue weighted by atomic mass is 32.2. The second-order valence-corrected chi connectivity index (χ2v) is 9.01. The van der Waals surface area contributed by atoms with Gasteiger partial charge in [0.15, 0.2) is 0 Å². The van der Waals surface area contributed by atoms with Gasteiger partial charge in [-0.1, -0.05) is 0 Å². The molecule has 2 aliphatic rings. The molecule has 0 fully saturated rings. The SMILES string of the molecule is O=S(=O)(O)c1c2nc(cc3ccc(cc4nc(cc5ccc1[nH]5)C=C4)[nH]3)C=C2c1ccco1. The van der Waals surface area contributed by atoms with E-state index in [1.54, 1.807) is 42.5 Å². The first-order chi connectivity index (χ1) is 15.9. The minimum atomic E-state index is -4.65. The lowest BCUT2D eigenvalue weighted by molar-refractivity contribution is 0.483. The Morgan fingerprint density at radius 2 is 1.48 bits per heavy atom. The maximum absolute atomic E-state index is 12.5. The molecule has 8 nitrogen and oxygen atoms in total. The topological polar surface area (TPSA) is 125 Å². The average Bonchev–Trinajstić information content (AvgIpc) is 3.55. The molecular formula is C24H16N4O4S. The first-order valence-electron chi connectivity index (χ1n) is 10.1. The Balaban J connectivity index is 1.78. The molecule has 0 aliphatic carbocycles. The molecule has 3 N–H and O–H groups in total. The van der Waals surface area contributed by atoms with E-state index in [4.69, 9.17) is 4.42 Å². The van der Waals surface area contributed by atoms with Crippen LogP contribution >= 0.6 is 0 Å². The average molecular weight is 456 g/mol. The van der Waals surface area contributed by atoms with Gasteiger partial charge in [0.1, 0.15) is 10.7 Å². The number of hydrogen-bond donors (Lipinski definition) is 3. The van der Waals surface area contributed by atoms with Crippen LogP contribution in [-0.4, -0.2) is 32.9 Å². The van der Waals surface area contributed by atoms with Crippen molar-refractivity contribution in [3.05, 3.63) is 89.4 Å². The molecule has 9 heteroatoms. The highest BCUT2D eigenvalue weighted by Gasteiger charge is 2.26. The number of H-pyrrole nitrogens is 2. The van der Waals surface area contributed by atoms with E-state index in [0.717, 1.165) is 16.7 Å². The fourth-order valence-electron chi connectivity index (χ4n) is 3.95. The lowest BCUT2D eigenvalue weighted by atomic mass is 10.1. The number of furan rings is 1. The monoisotopic (exact) mass is 456 g/mol. The van der Waals surface area contributed by atoms with Crippen molar-refractivity contribution >= 4 is 56.0 Å². The van der Waals surface area contributed by atoms with E-state index in [9.17, 15) is 13.0 Å². The fourth-order valence-corrected chi connectivity index (χ4v) is 4.75. The predicted molar refractivity (Wildman–Crippen MR) is 125 cm³/mol. The van der Waals surface area contributed by atoms with Crippen LogP contribution in [0.1, 0.15) is 28.5 Å². The van der Waals surface area contributed by atoms with Gasteiger partial charge in [-0.2, -0.15) is 8.42 Å². The molecular weight excluding hydrogens is 440 g/mol. The smallest absolute Gasteiger partial charge is 0.298 e. The van der Waals surface area contributed by atoms with E-state index < -0.39 is 10.1 Å². The number of aromatic nitrogens is 4. The summed E-state index contributed by atoms with van der Waals surface area (Å²) in [6.45, 7) is 0. The number of nitrogens with zero attached hydrogens (tertiary/aromatic N) is 2. The summed E-state index contributed by atoms with van der Waals surface area (Å²) in [5.74, 6) is 0.434. The van der Waals surface area contributed by atoms with E-state index in [2.05, 4.69) is 19.9 Å². The standard InChI is InChI=1S/C24H16N4O4S/c29-33(30,31)24-21-8-7-18(27-21)11-16-4-3-14(25-16)10-15-5-6-17(26-15)12-19-13-20(23(24)28-19)22-2-1-9-32-22/h1-13,26-27H,(H,29,30,31). The number of fused-ring (bicyclic) bond motifs is 8. The van der Waals surface area contributed by atoms with Crippen molar-refractivity contribution in [3.63, 3.8) is 0 Å². The minimum absolute atomic E-state index is 0.0891. The van der Waals surface area contributed by atoms with E-state index >= 15 is 0 Å². The van der Waals surface area contributed by atoms with Gasteiger partial charge in [-0.05, 0) is 72.8 Å². The summed E-state index contributed by atoms with van der Waals surface area (Å²) < 4.78 is 40.8. The van der Waals surface area contributed by atoms with E-state index in [-0.39, 0.29) is 16.1 Å². The van der Waals surface area contributed by atoms with Crippen LogP contribution < -0.4 is 0 Å². The Morgan fingerprint density at radius 1 is 0.818 bits per heavy atom. The van der Waals surface area contributed by atoms with Crippen molar-refractivity contribution < 1.29 is 17.4 Å². The third-order valence-electron chi connectivity index (χ3n) is 5.33. The molecule has 0 amide bonds. The molecule has 2 aliphatic heterocycles. The molecule has 0 aromatic carbocycles. The summed E-state index contributed by atoms with van der Waals surface area (Å²) in [4.78, 5) is 15.1. The molecule has 6 heterocycles. The van der Waals surface area contributed by atoms with Crippen LogP contribution in [0.25, 0.3) is 45.9 Å². The molecule has 8 bridgehead atoms. The normalized spacial score (nSPS) is 13.3. The van der Waals surface area contributed by atoms with Crippen LogP contribution in [0, 0.1) is 0 Å². The second-order valence-electron chi connectivity index (χ2n) is 7.65. The van der Waals surface area contributed by atoms with Crippen LogP contribution in [0.4, 0.5) is 0 Å². The maximum atomic E-state index is 12.5. The molecule has 6 rings (SSSR count). The van der Waals surface area contributed by atoms with Gasteiger partial charge in [-0.3, -0.25) is 4.55 Å². The molecule has 33 heavy (non-hydrogen) atoms. The van der Waals surface area contributed by atoms with Crippen molar-refractivity contribution in [2.45, 2.75) is 4.90 Å². The number of aromatic amines is 2. The molecule has 0 saturated carbocycles. The van der Waals surface area contributed by atoms with Gasteiger partial charge in [0.2, 0.25) is 0 Å². The van der Waals surface area contributed by atoms with Crippen LogP contribution in [0.2, 0.25) is 0 Å². The second kappa shape index (κ2) is 7.16. The molecule has 4 aromatic rings. The summed E-state index contributed by atoms with van der Waals surface area (Å²) in [5.41, 5.74) is 5.00. The lowest BCUT2D eigenvalue weighted by Crippen LogP contribution is -2.03. The van der Waals surface area contributed by atoms with Crippen molar-refractivity contribution in [3.8, 4) is 0 Å². The summed E-state index contributed by atoms with van der Waals surface area (Å²) in [7, 11) is -4.65. The van der Waals surface area contributed by atoms with Crippen molar-refractivity contribution in [2.75, 3.05) is 0 Å². The molecule has 0 unspecified atom stereocenters. The van der Waals surface area contributed by atoms with Crippen molar-refractivity contribution in [1.29, 1.82) is 0 Å². The number of hydrogen-bond acceptors (Lipinski definition) is 5. The van der Waals surface area contributed by atoms with Crippen LogP contribution in [0.5, 0.6) is 0 Å². The van der Waals surface area contributed by atoms with Gasteiger partial charge in [-0.25, -0.2) is 9.97 Å². The van der Waals surface area contributed by atoms with E-state index in [0.29, 0.717) is 28.2 Å². The third kappa shape index (κ3) is 3.59. The lowest BCUT2D eigenvalue weighted by Gasteiger charge is -2.03. The molecule has 4 aromatic heterocycles. The summed E-state index contributed by atoms with van der Waals surface area (Å²) >= 11 is 0. The van der Waals surface area contributed by atoms with Gasteiger partial charge >= 0.3 is 0 Å². The van der Waals surface area contributed by atoms with Gasteiger partial charge in [0, 0.05) is 22.1 Å². The zero-order chi connectivity index (χ0) is 22.6. The van der Waals surface area contributed by atoms with Crippen molar-refractivity contribution in [1.82, 2.24) is 19.9 Å². The highest BCUT2D eigenvalue weighted by molar-refractivity contribution is 7.86. The highest BCUT2D eigenvalue weighted by Crippen LogP contribution is 2.34. The zero-order valence-electron chi connectivity index (χ0n) is 17.0. The Labute approximate surface area is 187 Å². The minimum Gasteiger partial charge on any atom is -0.464 e. The van der Waals surface area contributed by atoms with Crippen LogP contribution in [0.3, 0.4) is 0 Å². The van der Waals surface area contributed by atoms with E-state index in [1.807, 2.05) is 30.4 Å². The van der Waals surface area contributed by atoms with Crippen LogP contribution in [-0.2, 0) is 10.1 Å². The predicted octanol–water partition coefficient (Wildman–Crippen LogP) is 4.91.